The molecule has 1 aromatic heterocycles. The first-order valence-electron chi connectivity index (χ1n) is 7.97. The Bertz CT molecular complexity index is 791. The van der Waals surface area contributed by atoms with Gasteiger partial charge in [-0.1, -0.05) is 11.8 Å². The summed E-state index contributed by atoms with van der Waals surface area (Å²) in [4.78, 5) is 20.9. The Hall–Kier alpha value is -2.61. The number of amides is 1. The van der Waals surface area contributed by atoms with Crippen LogP contribution in [-0.4, -0.2) is 41.6 Å². The van der Waals surface area contributed by atoms with E-state index in [-0.39, 0.29) is 11.2 Å². The van der Waals surface area contributed by atoms with Crippen LogP contribution in [0.4, 0.5) is 0 Å². The summed E-state index contributed by atoms with van der Waals surface area (Å²) in [5, 5.41) is 4.20. The predicted octanol–water partition coefficient (Wildman–Crippen LogP) is 2.74. The normalized spacial score (nSPS) is 12.0. The number of nitrogens with one attached hydrogen (secondary N) is 1. The summed E-state index contributed by atoms with van der Waals surface area (Å²) in [5.41, 5.74) is 5.00. The van der Waals surface area contributed by atoms with Crippen molar-refractivity contribution >= 4 is 23.9 Å². The van der Waals surface area contributed by atoms with E-state index in [1.807, 2.05) is 19.9 Å². The lowest BCUT2D eigenvalue weighted by Crippen LogP contribution is -2.27. The minimum absolute atomic E-state index is 0.235. The van der Waals surface area contributed by atoms with Gasteiger partial charge in [-0.05, 0) is 39.0 Å². The van der Waals surface area contributed by atoms with E-state index in [2.05, 4.69) is 20.5 Å². The van der Waals surface area contributed by atoms with Crippen molar-refractivity contribution in [2.45, 2.75) is 31.2 Å². The van der Waals surface area contributed by atoms with Crippen LogP contribution in [-0.2, 0) is 4.79 Å². The second kappa shape index (κ2) is 9.19. The van der Waals surface area contributed by atoms with Crippen LogP contribution >= 0.6 is 11.8 Å². The molecule has 0 unspecified atom stereocenters. The van der Waals surface area contributed by atoms with Crippen molar-refractivity contribution in [1.29, 1.82) is 0 Å². The Morgan fingerprint density at radius 3 is 2.50 bits per heavy atom. The van der Waals surface area contributed by atoms with Crippen molar-refractivity contribution in [3.8, 4) is 11.5 Å². The summed E-state index contributed by atoms with van der Waals surface area (Å²) in [7, 11) is 3.15. The first-order valence-corrected chi connectivity index (χ1v) is 8.84. The van der Waals surface area contributed by atoms with Crippen LogP contribution in [0.25, 0.3) is 0 Å². The van der Waals surface area contributed by atoms with E-state index in [0.29, 0.717) is 16.7 Å². The van der Waals surface area contributed by atoms with Gasteiger partial charge >= 0.3 is 0 Å². The first-order chi connectivity index (χ1) is 12.4. The maximum absolute atomic E-state index is 12.2. The summed E-state index contributed by atoms with van der Waals surface area (Å²) in [5.74, 6) is 1.05. The van der Waals surface area contributed by atoms with Gasteiger partial charge in [-0.15, -0.1) is 0 Å². The fraction of sp³-hybridized carbons (Fsp3) is 0.333. The molecule has 0 saturated carbocycles. The number of ether oxygens (including phenoxy) is 2. The van der Waals surface area contributed by atoms with E-state index in [4.69, 9.17) is 9.47 Å². The summed E-state index contributed by atoms with van der Waals surface area (Å²) in [6, 6.07) is 7.23. The van der Waals surface area contributed by atoms with E-state index < -0.39 is 0 Å². The number of hydrazone groups is 1. The molecule has 0 radical (unpaired) electrons. The van der Waals surface area contributed by atoms with Gasteiger partial charge in [0.2, 0.25) is 0 Å². The number of methoxy groups -OCH3 is 2. The molecule has 1 heterocycles. The average Bonchev–Trinajstić information content (AvgIpc) is 2.60. The highest BCUT2D eigenvalue weighted by molar-refractivity contribution is 8.00. The Morgan fingerprint density at radius 1 is 1.19 bits per heavy atom. The molecule has 0 aliphatic carbocycles. The molecule has 1 atom stereocenters. The van der Waals surface area contributed by atoms with Crippen LogP contribution < -0.4 is 14.9 Å². The van der Waals surface area contributed by atoms with Crippen molar-refractivity contribution in [3.63, 3.8) is 0 Å². The Morgan fingerprint density at radius 2 is 1.88 bits per heavy atom. The molecule has 8 heteroatoms. The van der Waals surface area contributed by atoms with Crippen LogP contribution in [0.5, 0.6) is 11.5 Å². The predicted molar refractivity (Wildman–Crippen MR) is 102 cm³/mol. The van der Waals surface area contributed by atoms with Crippen molar-refractivity contribution in [1.82, 2.24) is 15.4 Å². The highest BCUT2D eigenvalue weighted by atomic mass is 32.2. The molecule has 1 N–H and O–H groups in total. The molecule has 2 rings (SSSR count). The standard InChI is InChI=1S/C18H22N4O3S/c1-11-8-12(2)21-18(20-11)26-13(3)17(23)22-19-10-14-6-7-15(24-4)9-16(14)25-5/h6-10,13H,1-5H3,(H,22,23)/b19-10-/t13-/m1/s1. The highest BCUT2D eigenvalue weighted by Crippen LogP contribution is 2.23. The second-order valence-electron chi connectivity index (χ2n) is 5.54. The monoisotopic (exact) mass is 374 g/mol. The Labute approximate surface area is 157 Å². The number of benzene rings is 1. The molecule has 1 amide bonds. The van der Waals surface area contributed by atoms with Gasteiger partial charge in [-0.25, -0.2) is 15.4 Å². The maximum Gasteiger partial charge on any atom is 0.253 e. The fourth-order valence-corrected chi connectivity index (χ4v) is 3.01. The van der Waals surface area contributed by atoms with Gasteiger partial charge in [0, 0.05) is 23.0 Å². The van der Waals surface area contributed by atoms with Crippen molar-refractivity contribution in [2.24, 2.45) is 5.10 Å². The lowest BCUT2D eigenvalue weighted by molar-refractivity contribution is -0.120. The molecule has 0 aliphatic rings. The molecule has 7 nitrogen and oxygen atoms in total. The molecule has 138 valence electrons. The lowest BCUT2D eigenvalue weighted by Gasteiger charge is -2.09. The largest absolute Gasteiger partial charge is 0.497 e. The zero-order chi connectivity index (χ0) is 19.1. The molecule has 0 spiro atoms. The lowest BCUT2D eigenvalue weighted by atomic mass is 10.2. The van der Waals surface area contributed by atoms with Crippen LogP contribution in [0, 0.1) is 13.8 Å². The number of nitrogens with zero attached hydrogens (tertiary/aromatic N) is 3. The molecular weight excluding hydrogens is 352 g/mol. The van der Waals surface area contributed by atoms with Crippen molar-refractivity contribution in [3.05, 3.63) is 41.2 Å². The van der Waals surface area contributed by atoms with Crippen LogP contribution in [0.2, 0.25) is 0 Å². The van der Waals surface area contributed by atoms with Gasteiger partial charge in [0.05, 0.1) is 25.7 Å². The van der Waals surface area contributed by atoms with Gasteiger partial charge in [0.1, 0.15) is 11.5 Å². The molecule has 26 heavy (non-hydrogen) atoms. The maximum atomic E-state index is 12.2. The van der Waals surface area contributed by atoms with Crippen molar-refractivity contribution in [2.75, 3.05) is 14.2 Å². The van der Waals surface area contributed by atoms with Crippen LogP contribution in [0.1, 0.15) is 23.9 Å². The first kappa shape index (κ1) is 19.7. The number of thioether (sulfide) groups is 1. The van der Waals surface area contributed by atoms with E-state index in [0.717, 1.165) is 17.0 Å². The molecular formula is C18H22N4O3S. The average molecular weight is 374 g/mol. The third kappa shape index (κ3) is 5.45. The summed E-state index contributed by atoms with van der Waals surface area (Å²) in [6.07, 6.45) is 1.53. The topological polar surface area (TPSA) is 85.7 Å². The van der Waals surface area contributed by atoms with Crippen LogP contribution in [0.15, 0.2) is 34.5 Å². The number of rotatable bonds is 7. The number of hydrogen-bond donors (Lipinski definition) is 1. The third-order valence-corrected chi connectivity index (χ3v) is 4.39. The Kier molecular flexibility index (Phi) is 6.97. The number of aromatic nitrogens is 2. The molecule has 1 aromatic carbocycles. The summed E-state index contributed by atoms with van der Waals surface area (Å²) < 4.78 is 10.4. The number of hydrogen-bond acceptors (Lipinski definition) is 7. The third-order valence-electron chi connectivity index (χ3n) is 3.43. The van der Waals surface area contributed by atoms with E-state index in [1.165, 1.54) is 18.0 Å². The number of carbonyl (C=O) groups is 1. The highest BCUT2D eigenvalue weighted by Gasteiger charge is 2.16. The van der Waals surface area contributed by atoms with Gasteiger partial charge in [-0.3, -0.25) is 4.79 Å². The number of aryl methyl sites for hydroxylation is 2. The molecule has 0 saturated heterocycles. The van der Waals surface area contributed by atoms with Crippen LogP contribution in [0.3, 0.4) is 0 Å². The zero-order valence-electron chi connectivity index (χ0n) is 15.4. The van der Waals surface area contributed by atoms with E-state index >= 15 is 0 Å². The van der Waals surface area contributed by atoms with Gasteiger partial charge in [0.15, 0.2) is 5.16 Å². The van der Waals surface area contributed by atoms with Crippen molar-refractivity contribution < 1.29 is 14.3 Å². The minimum atomic E-state index is -0.383. The SMILES string of the molecule is COc1ccc(/C=N\NC(=O)[C@@H](C)Sc2nc(C)cc(C)n2)c(OC)c1. The van der Waals surface area contributed by atoms with Gasteiger partial charge < -0.3 is 9.47 Å². The quantitative estimate of drug-likeness (QED) is 0.347. The molecule has 0 fully saturated rings. The van der Waals surface area contributed by atoms with Gasteiger partial charge in [0.25, 0.3) is 5.91 Å². The fourth-order valence-electron chi connectivity index (χ4n) is 2.14. The number of carbonyl (C=O) groups excluding carboxylic acids is 1. The smallest absolute Gasteiger partial charge is 0.253 e. The molecule has 2 aromatic rings. The summed E-state index contributed by atoms with van der Waals surface area (Å²) in [6.45, 7) is 5.58. The molecule has 0 aliphatic heterocycles. The minimum Gasteiger partial charge on any atom is -0.497 e. The van der Waals surface area contributed by atoms with E-state index in [1.54, 1.807) is 39.3 Å². The Balaban J connectivity index is 1.98. The van der Waals surface area contributed by atoms with Gasteiger partial charge in [-0.2, -0.15) is 5.10 Å². The molecule has 0 bridgehead atoms. The second-order valence-corrected chi connectivity index (χ2v) is 6.84. The zero-order valence-corrected chi connectivity index (χ0v) is 16.3. The summed E-state index contributed by atoms with van der Waals surface area (Å²) >= 11 is 1.29. The van der Waals surface area contributed by atoms with E-state index in [9.17, 15) is 4.79 Å².